The molecule has 1 aliphatic rings. The zero-order valence-electron chi connectivity index (χ0n) is 13.3. The lowest BCUT2D eigenvalue weighted by Gasteiger charge is -2.31. The SMILES string of the molecule is CNC1CCN(Cc2ccc(N(C)C(C)C)nc2)CC1. The molecule has 0 atom stereocenters. The van der Waals surface area contributed by atoms with Crippen molar-refractivity contribution in [2.75, 3.05) is 32.1 Å². The summed E-state index contributed by atoms with van der Waals surface area (Å²) in [5.74, 6) is 1.05. The van der Waals surface area contributed by atoms with Crippen LogP contribution >= 0.6 is 0 Å². The van der Waals surface area contributed by atoms with E-state index in [1.54, 1.807) is 0 Å². The van der Waals surface area contributed by atoms with E-state index in [2.05, 4.69) is 60.2 Å². The maximum atomic E-state index is 4.58. The van der Waals surface area contributed by atoms with Gasteiger partial charge < -0.3 is 10.2 Å². The van der Waals surface area contributed by atoms with Crippen LogP contribution < -0.4 is 10.2 Å². The number of hydrogen-bond donors (Lipinski definition) is 1. The van der Waals surface area contributed by atoms with Crippen molar-refractivity contribution < 1.29 is 0 Å². The molecular weight excluding hydrogens is 248 g/mol. The van der Waals surface area contributed by atoms with Crippen molar-refractivity contribution in [3.05, 3.63) is 23.9 Å². The molecule has 112 valence electrons. The largest absolute Gasteiger partial charge is 0.357 e. The Kier molecular flexibility index (Phi) is 5.38. The van der Waals surface area contributed by atoms with E-state index in [1.165, 1.54) is 31.5 Å². The summed E-state index contributed by atoms with van der Waals surface area (Å²) in [4.78, 5) is 9.30. The predicted octanol–water partition coefficient (Wildman–Crippen LogP) is 2.11. The first-order chi connectivity index (χ1) is 9.60. The standard InChI is InChI=1S/C16H28N4/c1-13(2)19(4)16-6-5-14(11-18-16)12-20-9-7-15(17-3)8-10-20/h5-6,11,13,15,17H,7-10,12H2,1-4H3. The number of pyridine rings is 1. The number of nitrogens with one attached hydrogen (secondary N) is 1. The highest BCUT2D eigenvalue weighted by atomic mass is 15.2. The molecule has 1 saturated heterocycles. The Morgan fingerprint density at radius 2 is 2.05 bits per heavy atom. The minimum atomic E-state index is 0.480. The van der Waals surface area contributed by atoms with Crippen molar-refractivity contribution in [1.82, 2.24) is 15.2 Å². The molecule has 2 heterocycles. The van der Waals surface area contributed by atoms with Crippen molar-refractivity contribution in [2.45, 2.75) is 45.3 Å². The molecule has 0 aliphatic carbocycles. The van der Waals surface area contributed by atoms with E-state index >= 15 is 0 Å². The van der Waals surface area contributed by atoms with Gasteiger partial charge >= 0.3 is 0 Å². The second-order valence-corrected chi connectivity index (χ2v) is 6.07. The van der Waals surface area contributed by atoms with Gasteiger partial charge in [0.05, 0.1) is 0 Å². The second kappa shape index (κ2) is 7.04. The molecule has 0 spiro atoms. The highest BCUT2D eigenvalue weighted by Gasteiger charge is 2.17. The average Bonchev–Trinajstić information content (AvgIpc) is 2.48. The minimum Gasteiger partial charge on any atom is -0.357 e. The Hall–Kier alpha value is -1.13. The highest BCUT2D eigenvalue weighted by Crippen LogP contribution is 2.16. The Labute approximate surface area is 123 Å². The molecule has 1 N–H and O–H groups in total. The number of anilines is 1. The smallest absolute Gasteiger partial charge is 0.128 e. The van der Waals surface area contributed by atoms with E-state index in [0.717, 1.165) is 12.4 Å². The number of nitrogens with zero attached hydrogens (tertiary/aromatic N) is 3. The third-order valence-electron chi connectivity index (χ3n) is 4.35. The van der Waals surface area contributed by atoms with Crippen molar-refractivity contribution in [1.29, 1.82) is 0 Å². The lowest BCUT2D eigenvalue weighted by molar-refractivity contribution is 0.194. The Morgan fingerprint density at radius 1 is 1.35 bits per heavy atom. The second-order valence-electron chi connectivity index (χ2n) is 6.07. The van der Waals surface area contributed by atoms with Gasteiger partial charge in [0.25, 0.3) is 0 Å². The molecule has 20 heavy (non-hydrogen) atoms. The van der Waals surface area contributed by atoms with Crippen LogP contribution in [0.15, 0.2) is 18.3 Å². The molecule has 0 amide bonds. The fraction of sp³-hybridized carbons (Fsp3) is 0.688. The van der Waals surface area contributed by atoms with Gasteiger partial charge in [0.1, 0.15) is 5.82 Å². The molecule has 2 rings (SSSR count). The van der Waals surface area contributed by atoms with E-state index in [1.807, 2.05) is 6.20 Å². The van der Waals surface area contributed by atoms with Crippen molar-refractivity contribution in [3.63, 3.8) is 0 Å². The van der Waals surface area contributed by atoms with E-state index in [-0.39, 0.29) is 0 Å². The number of hydrogen-bond acceptors (Lipinski definition) is 4. The van der Waals surface area contributed by atoms with Crippen LogP contribution in [0.1, 0.15) is 32.3 Å². The summed E-state index contributed by atoms with van der Waals surface area (Å²) >= 11 is 0. The van der Waals surface area contributed by atoms with Crippen LogP contribution in [0.5, 0.6) is 0 Å². The third kappa shape index (κ3) is 3.93. The molecule has 4 nitrogen and oxygen atoms in total. The van der Waals surface area contributed by atoms with Gasteiger partial charge in [-0.1, -0.05) is 6.07 Å². The molecule has 0 saturated carbocycles. The van der Waals surface area contributed by atoms with E-state index in [4.69, 9.17) is 0 Å². The number of likely N-dealkylation sites (tertiary alicyclic amines) is 1. The monoisotopic (exact) mass is 276 g/mol. The van der Waals surface area contributed by atoms with E-state index in [9.17, 15) is 0 Å². The van der Waals surface area contributed by atoms with Gasteiger partial charge in [-0.25, -0.2) is 4.98 Å². The van der Waals surface area contributed by atoms with Crippen LogP contribution in [0.4, 0.5) is 5.82 Å². The molecule has 0 bridgehead atoms. The van der Waals surface area contributed by atoms with Crippen LogP contribution in [0, 0.1) is 0 Å². The first kappa shape index (κ1) is 15.3. The van der Waals surface area contributed by atoms with Crippen LogP contribution in [-0.4, -0.2) is 49.2 Å². The maximum absolute atomic E-state index is 4.58. The summed E-state index contributed by atoms with van der Waals surface area (Å²) < 4.78 is 0. The van der Waals surface area contributed by atoms with Gasteiger partial charge in [0.15, 0.2) is 0 Å². The fourth-order valence-electron chi connectivity index (χ4n) is 2.62. The lowest BCUT2D eigenvalue weighted by Crippen LogP contribution is -2.40. The van der Waals surface area contributed by atoms with Crippen molar-refractivity contribution in [2.24, 2.45) is 0 Å². The first-order valence-electron chi connectivity index (χ1n) is 7.67. The molecule has 1 aromatic rings. The molecular formula is C16H28N4. The Bertz CT molecular complexity index is 393. The summed E-state index contributed by atoms with van der Waals surface area (Å²) in [7, 11) is 4.16. The predicted molar refractivity (Wildman–Crippen MR) is 85.1 cm³/mol. The summed E-state index contributed by atoms with van der Waals surface area (Å²) in [6.07, 6.45) is 4.52. The summed E-state index contributed by atoms with van der Waals surface area (Å²) in [6.45, 7) is 7.75. The van der Waals surface area contributed by atoms with Gasteiger partial charge in [-0.05, 0) is 58.5 Å². The van der Waals surface area contributed by atoms with Crippen LogP contribution in [0.2, 0.25) is 0 Å². The average molecular weight is 276 g/mol. The maximum Gasteiger partial charge on any atom is 0.128 e. The Morgan fingerprint density at radius 3 is 2.55 bits per heavy atom. The quantitative estimate of drug-likeness (QED) is 0.892. The van der Waals surface area contributed by atoms with Gasteiger partial charge in [-0.2, -0.15) is 0 Å². The normalized spacial score (nSPS) is 17.6. The van der Waals surface area contributed by atoms with Crippen molar-refractivity contribution in [3.8, 4) is 0 Å². The van der Waals surface area contributed by atoms with Crippen LogP contribution in [0.3, 0.4) is 0 Å². The van der Waals surface area contributed by atoms with Crippen LogP contribution in [-0.2, 0) is 6.54 Å². The molecule has 4 heteroatoms. The summed E-state index contributed by atoms with van der Waals surface area (Å²) in [5.41, 5.74) is 1.31. The number of aromatic nitrogens is 1. The summed E-state index contributed by atoms with van der Waals surface area (Å²) in [5, 5.41) is 3.37. The van der Waals surface area contributed by atoms with Gasteiger partial charge in [-0.15, -0.1) is 0 Å². The van der Waals surface area contributed by atoms with E-state index in [0.29, 0.717) is 12.1 Å². The zero-order valence-corrected chi connectivity index (χ0v) is 13.3. The molecule has 1 aliphatic heterocycles. The van der Waals surface area contributed by atoms with Gasteiger partial charge in [0.2, 0.25) is 0 Å². The minimum absolute atomic E-state index is 0.480. The molecule has 0 unspecified atom stereocenters. The molecule has 0 aromatic carbocycles. The summed E-state index contributed by atoms with van der Waals surface area (Å²) in [6, 6.07) is 5.53. The molecule has 1 aromatic heterocycles. The lowest BCUT2D eigenvalue weighted by atomic mass is 10.0. The number of piperidine rings is 1. The Balaban J connectivity index is 1.88. The zero-order chi connectivity index (χ0) is 14.5. The van der Waals surface area contributed by atoms with Crippen LogP contribution in [0.25, 0.3) is 0 Å². The van der Waals surface area contributed by atoms with E-state index < -0.39 is 0 Å². The fourth-order valence-corrected chi connectivity index (χ4v) is 2.62. The number of rotatable bonds is 5. The molecule has 0 radical (unpaired) electrons. The first-order valence-corrected chi connectivity index (χ1v) is 7.67. The third-order valence-corrected chi connectivity index (χ3v) is 4.35. The van der Waals surface area contributed by atoms with Gasteiger partial charge in [0, 0.05) is 31.9 Å². The topological polar surface area (TPSA) is 31.4 Å². The molecule has 1 fully saturated rings. The van der Waals surface area contributed by atoms with Crippen molar-refractivity contribution >= 4 is 5.82 Å². The van der Waals surface area contributed by atoms with Gasteiger partial charge in [-0.3, -0.25) is 4.90 Å². The highest BCUT2D eigenvalue weighted by molar-refractivity contribution is 5.39.